The third-order valence-electron chi connectivity index (χ3n) is 4.22. The van der Waals surface area contributed by atoms with Crippen LogP contribution in [0.15, 0.2) is 60.7 Å². The number of ether oxygens (including phenoxy) is 1. The molecule has 0 aliphatic carbocycles. The van der Waals surface area contributed by atoms with Crippen LogP contribution in [0, 0.1) is 5.41 Å². The number of carbonyl (C=O) groups is 1. The van der Waals surface area contributed by atoms with Crippen LogP contribution < -0.4 is 4.74 Å². The van der Waals surface area contributed by atoms with Gasteiger partial charge in [-0.3, -0.25) is 4.79 Å². The summed E-state index contributed by atoms with van der Waals surface area (Å²) in [5.41, 5.74) is 1.71. The van der Waals surface area contributed by atoms with Crippen LogP contribution in [0.25, 0.3) is 10.8 Å². The molecule has 0 saturated carbocycles. The molecule has 0 heterocycles. The standard InChI is InChI=1S/C21H19ClN2O2/c1-24(13-16-6-2-5-9-19(16)22)21(25)14-26-20-11-10-15(12-23)17-7-3-4-8-18(17)20/h2-12,23H,13-14H2,1H3. The summed E-state index contributed by atoms with van der Waals surface area (Å²) in [6.45, 7) is 0.365. The van der Waals surface area contributed by atoms with Gasteiger partial charge in [0.2, 0.25) is 0 Å². The van der Waals surface area contributed by atoms with Crippen LogP contribution in [0.5, 0.6) is 5.75 Å². The maximum atomic E-state index is 12.4. The van der Waals surface area contributed by atoms with Gasteiger partial charge in [-0.25, -0.2) is 0 Å². The molecule has 5 heteroatoms. The first-order valence-electron chi connectivity index (χ1n) is 8.22. The summed E-state index contributed by atoms with van der Waals surface area (Å²) in [5, 5.41) is 9.96. The number of benzene rings is 3. The summed E-state index contributed by atoms with van der Waals surface area (Å²) in [4.78, 5) is 14.0. The molecule has 0 aliphatic heterocycles. The molecule has 3 aromatic rings. The molecule has 0 fully saturated rings. The van der Waals surface area contributed by atoms with E-state index in [0.29, 0.717) is 17.3 Å². The van der Waals surface area contributed by atoms with Gasteiger partial charge in [0.15, 0.2) is 6.61 Å². The van der Waals surface area contributed by atoms with Crippen molar-refractivity contribution in [2.75, 3.05) is 13.7 Å². The van der Waals surface area contributed by atoms with Crippen LogP contribution in [0.4, 0.5) is 0 Å². The minimum Gasteiger partial charge on any atom is -0.483 e. The van der Waals surface area contributed by atoms with E-state index in [-0.39, 0.29) is 12.5 Å². The van der Waals surface area contributed by atoms with Crippen LogP contribution in [-0.4, -0.2) is 30.7 Å². The molecule has 0 aromatic heterocycles. The normalized spacial score (nSPS) is 10.5. The second kappa shape index (κ2) is 8.02. The average Bonchev–Trinajstić information content (AvgIpc) is 2.67. The van der Waals surface area contributed by atoms with Gasteiger partial charge >= 0.3 is 0 Å². The maximum absolute atomic E-state index is 12.4. The quantitative estimate of drug-likeness (QED) is 0.652. The number of carbonyl (C=O) groups excluding carboxylic acids is 1. The summed E-state index contributed by atoms with van der Waals surface area (Å²) in [6.07, 6.45) is 1.31. The molecule has 0 bridgehead atoms. The molecule has 3 aromatic carbocycles. The first-order valence-corrected chi connectivity index (χ1v) is 8.60. The number of likely N-dealkylation sites (N-methyl/N-ethyl adjacent to an activating group) is 1. The molecule has 0 atom stereocenters. The number of nitrogens with zero attached hydrogens (tertiary/aromatic N) is 1. The van der Waals surface area contributed by atoms with E-state index >= 15 is 0 Å². The minimum atomic E-state index is -0.134. The van der Waals surface area contributed by atoms with Gasteiger partial charge in [-0.15, -0.1) is 0 Å². The second-order valence-electron chi connectivity index (χ2n) is 5.97. The number of amides is 1. The summed E-state index contributed by atoms with van der Waals surface area (Å²) >= 11 is 6.15. The largest absolute Gasteiger partial charge is 0.483 e. The number of nitrogens with one attached hydrogen (secondary N) is 1. The van der Waals surface area contributed by atoms with Crippen LogP contribution in [-0.2, 0) is 11.3 Å². The Kier molecular flexibility index (Phi) is 5.54. The molecule has 1 amide bonds. The first-order chi connectivity index (χ1) is 12.6. The van der Waals surface area contributed by atoms with Crippen molar-refractivity contribution < 1.29 is 9.53 Å². The van der Waals surface area contributed by atoms with E-state index in [2.05, 4.69) is 0 Å². The van der Waals surface area contributed by atoms with Crippen molar-refractivity contribution in [3.05, 3.63) is 76.8 Å². The number of hydrogen-bond donors (Lipinski definition) is 1. The monoisotopic (exact) mass is 366 g/mol. The van der Waals surface area contributed by atoms with Crippen molar-refractivity contribution >= 4 is 34.5 Å². The fraction of sp³-hybridized carbons (Fsp3) is 0.143. The topological polar surface area (TPSA) is 53.4 Å². The van der Waals surface area contributed by atoms with Crippen molar-refractivity contribution in [3.63, 3.8) is 0 Å². The van der Waals surface area contributed by atoms with Crippen LogP contribution in [0.3, 0.4) is 0 Å². The molecule has 4 nitrogen and oxygen atoms in total. The van der Waals surface area contributed by atoms with Crippen LogP contribution >= 0.6 is 11.6 Å². The average molecular weight is 367 g/mol. The van der Waals surface area contributed by atoms with Gasteiger partial charge in [-0.05, 0) is 29.1 Å². The Morgan fingerprint density at radius 2 is 1.77 bits per heavy atom. The van der Waals surface area contributed by atoms with Gasteiger partial charge in [0.25, 0.3) is 5.91 Å². The molecule has 0 saturated heterocycles. The van der Waals surface area contributed by atoms with Crippen LogP contribution in [0.2, 0.25) is 5.02 Å². The number of rotatable bonds is 6. The fourth-order valence-electron chi connectivity index (χ4n) is 2.77. The molecule has 1 N–H and O–H groups in total. The van der Waals surface area contributed by atoms with Crippen molar-refractivity contribution in [2.45, 2.75) is 6.54 Å². The summed E-state index contributed by atoms with van der Waals surface area (Å²) < 4.78 is 5.77. The maximum Gasteiger partial charge on any atom is 0.260 e. The zero-order valence-corrected chi connectivity index (χ0v) is 15.2. The lowest BCUT2D eigenvalue weighted by atomic mass is 10.0. The fourth-order valence-corrected chi connectivity index (χ4v) is 2.96. The zero-order valence-electron chi connectivity index (χ0n) is 14.4. The van der Waals surface area contributed by atoms with Gasteiger partial charge in [-0.1, -0.05) is 54.1 Å². The summed E-state index contributed by atoms with van der Waals surface area (Å²) in [6, 6.07) is 18.8. The van der Waals surface area contributed by atoms with E-state index < -0.39 is 0 Å². The SMILES string of the molecule is CN(Cc1ccccc1Cl)C(=O)COc1ccc(C=N)c2ccccc12. The molecular weight excluding hydrogens is 348 g/mol. The van der Waals surface area contributed by atoms with Gasteiger partial charge in [0.1, 0.15) is 5.75 Å². The predicted octanol–water partition coefficient (Wildman–Crippen LogP) is 4.53. The highest BCUT2D eigenvalue weighted by molar-refractivity contribution is 6.31. The molecule has 26 heavy (non-hydrogen) atoms. The van der Waals surface area contributed by atoms with E-state index in [1.807, 2.05) is 54.6 Å². The van der Waals surface area contributed by atoms with Gasteiger partial charge in [0.05, 0.1) is 0 Å². The third kappa shape index (κ3) is 3.86. The highest BCUT2D eigenvalue weighted by atomic mass is 35.5. The van der Waals surface area contributed by atoms with Crippen molar-refractivity contribution in [1.29, 1.82) is 5.41 Å². The van der Waals surface area contributed by atoms with Crippen molar-refractivity contribution in [2.24, 2.45) is 0 Å². The summed E-state index contributed by atoms with van der Waals surface area (Å²) in [5.74, 6) is 0.496. The molecule has 0 unspecified atom stereocenters. The molecular formula is C21H19ClN2O2. The zero-order chi connectivity index (χ0) is 18.5. The van der Waals surface area contributed by atoms with Gasteiger partial charge < -0.3 is 15.0 Å². The Morgan fingerprint density at radius 1 is 1.08 bits per heavy atom. The lowest BCUT2D eigenvalue weighted by molar-refractivity contribution is -0.132. The van der Waals surface area contributed by atoms with Gasteiger partial charge in [0, 0.05) is 35.8 Å². The Balaban J connectivity index is 1.71. The van der Waals surface area contributed by atoms with E-state index in [1.54, 1.807) is 18.0 Å². The molecule has 0 aliphatic rings. The van der Waals surface area contributed by atoms with Crippen LogP contribution in [0.1, 0.15) is 11.1 Å². The van der Waals surface area contributed by atoms with Crippen molar-refractivity contribution in [3.8, 4) is 5.75 Å². The number of halogens is 1. The second-order valence-corrected chi connectivity index (χ2v) is 6.38. The smallest absolute Gasteiger partial charge is 0.260 e. The minimum absolute atomic E-state index is 0.0606. The molecule has 0 spiro atoms. The Morgan fingerprint density at radius 3 is 2.50 bits per heavy atom. The Bertz CT molecular complexity index is 956. The molecule has 3 rings (SSSR count). The molecule has 132 valence electrons. The van der Waals surface area contributed by atoms with E-state index in [1.165, 1.54) is 6.21 Å². The number of fused-ring (bicyclic) bond motifs is 1. The van der Waals surface area contributed by atoms with E-state index in [4.69, 9.17) is 21.7 Å². The number of hydrogen-bond acceptors (Lipinski definition) is 3. The van der Waals surface area contributed by atoms with Crippen molar-refractivity contribution in [1.82, 2.24) is 4.90 Å². The van der Waals surface area contributed by atoms with E-state index in [9.17, 15) is 4.79 Å². The Hall–Kier alpha value is -2.85. The lowest BCUT2D eigenvalue weighted by Crippen LogP contribution is -2.31. The first kappa shape index (κ1) is 18.0. The highest BCUT2D eigenvalue weighted by Gasteiger charge is 2.13. The van der Waals surface area contributed by atoms with E-state index in [0.717, 1.165) is 21.9 Å². The molecule has 0 radical (unpaired) electrons. The predicted molar refractivity (Wildman–Crippen MR) is 105 cm³/mol. The van der Waals surface area contributed by atoms with Gasteiger partial charge in [-0.2, -0.15) is 0 Å². The Labute approximate surface area is 157 Å². The lowest BCUT2D eigenvalue weighted by Gasteiger charge is -2.19. The highest BCUT2D eigenvalue weighted by Crippen LogP contribution is 2.28. The summed E-state index contributed by atoms with van der Waals surface area (Å²) in [7, 11) is 1.73. The third-order valence-corrected chi connectivity index (χ3v) is 4.58.